The van der Waals surface area contributed by atoms with Crippen molar-refractivity contribution in [3.05, 3.63) is 40.3 Å². The van der Waals surface area contributed by atoms with Gasteiger partial charge in [-0.2, -0.15) is 5.10 Å². The van der Waals surface area contributed by atoms with Gasteiger partial charge in [0.1, 0.15) is 0 Å². The monoisotopic (exact) mass is 427 g/mol. The van der Waals surface area contributed by atoms with E-state index in [1.807, 2.05) is 0 Å². The summed E-state index contributed by atoms with van der Waals surface area (Å²) in [7, 11) is 0. The molecule has 0 radical (unpaired) electrons. The van der Waals surface area contributed by atoms with Crippen LogP contribution in [0.1, 0.15) is 75.7 Å². The molecule has 0 bridgehead atoms. The summed E-state index contributed by atoms with van der Waals surface area (Å²) in [6.07, 6.45) is 8.34. The van der Waals surface area contributed by atoms with Gasteiger partial charge in [0.05, 0.1) is 5.39 Å². The minimum absolute atomic E-state index is 0.0736. The van der Waals surface area contributed by atoms with E-state index in [9.17, 15) is 14.4 Å². The Morgan fingerprint density at radius 1 is 1.13 bits per heavy atom. The number of nitrogens with one attached hydrogen (secondary N) is 1. The highest BCUT2D eigenvalue weighted by molar-refractivity contribution is 6.02. The number of aryl methyl sites for hydroxylation is 1. The Morgan fingerprint density at radius 2 is 1.87 bits per heavy atom. The summed E-state index contributed by atoms with van der Waals surface area (Å²) in [4.78, 5) is 37.9. The Labute approximate surface area is 183 Å². The summed E-state index contributed by atoms with van der Waals surface area (Å²) >= 11 is 0. The second-order valence-corrected chi connectivity index (χ2v) is 8.50. The first-order valence-electron chi connectivity index (χ1n) is 11.5. The van der Waals surface area contributed by atoms with Gasteiger partial charge >= 0.3 is 5.97 Å². The average Bonchev–Trinajstić information content (AvgIpc) is 2.78. The van der Waals surface area contributed by atoms with Crippen LogP contribution in [0, 0.1) is 5.92 Å². The Morgan fingerprint density at radius 3 is 2.61 bits per heavy atom. The molecule has 1 amide bonds. The number of nitrogens with zero attached hydrogens (tertiary/aromatic N) is 2. The molecule has 0 saturated heterocycles. The van der Waals surface area contributed by atoms with Gasteiger partial charge in [-0.3, -0.25) is 9.59 Å². The molecule has 168 valence electrons. The lowest BCUT2D eigenvalue weighted by Crippen LogP contribution is -2.43. The lowest BCUT2D eigenvalue weighted by molar-refractivity contribution is -0.125. The van der Waals surface area contributed by atoms with E-state index in [-0.39, 0.29) is 29.8 Å². The molecule has 1 aromatic heterocycles. The molecule has 0 aliphatic heterocycles. The van der Waals surface area contributed by atoms with Gasteiger partial charge in [-0.25, -0.2) is 9.48 Å². The number of unbranched alkanes of at least 4 members (excludes halogenated alkanes) is 3. The van der Waals surface area contributed by atoms with E-state index < -0.39 is 5.97 Å². The van der Waals surface area contributed by atoms with Crippen molar-refractivity contribution in [2.75, 3.05) is 6.61 Å². The van der Waals surface area contributed by atoms with Crippen molar-refractivity contribution in [2.24, 2.45) is 5.92 Å². The van der Waals surface area contributed by atoms with Gasteiger partial charge in [-0.05, 0) is 31.2 Å². The molecule has 1 N–H and O–H groups in total. The van der Waals surface area contributed by atoms with Crippen LogP contribution in [0.15, 0.2) is 29.1 Å². The normalized spacial score (nSPS) is 18.6. The third-order valence-electron chi connectivity index (χ3n) is 6.08. The van der Waals surface area contributed by atoms with Gasteiger partial charge in [-0.1, -0.05) is 64.2 Å². The zero-order valence-electron chi connectivity index (χ0n) is 18.6. The zero-order valence-corrected chi connectivity index (χ0v) is 18.6. The van der Waals surface area contributed by atoms with Gasteiger partial charge in [0.25, 0.3) is 11.5 Å². The molecule has 31 heavy (non-hydrogen) atoms. The summed E-state index contributed by atoms with van der Waals surface area (Å²) in [5.74, 6) is -0.565. The van der Waals surface area contributed by atoms with Crippen LogP contribution in [0.5, 0.6) is 0 Å². The van der Waals surface area contributed by atoms with Gasteiger partial charge in [0.2, 0.25) is 0 Å². The van der Waals surface area contributed by atoms with Crippen molar-refractivity contribution in [1.29, 1.82) is 0 Å². The molecule has 0 unspecified atom stereocenters. The van der Waals surface area contributed by atoms with Crippen LogP contribution in [0.2, 0.25) is 0 Å². The van der Waals surface area contributed by atoms with Gasteiger partial charge < -0.3 is 10.1 Å². The van der Waals surface area contributed by atoms with Gasteiger partial charge in [-0.15, -0.1) is 0 Å². The van der Waals surface area contributed by atoms with Crippen LogP contribution in [0.3, 0.4) is 0 Å². The van der Waals surface area contributed by atoms with Crippen LogP contribution in [0.4, 0.5) is 0 Å². The second kappa shape index (κ2) is 11.1. The average molecular weight is 428 g/mol. The Balaban J connectivity index is 1.71. The number of rotatable bonds is 9. The van der Waals surface area contributed by atoms with E-state index in [2.05, 4.69) is 24.3 Å². The molecule has 1 fully saturated rings. The van der Waals surface area contributed by atoms with Crippen molar-refractivity contribution in [3.8, 4) is 0 Å². The third-order valence-corrected chi connectivity index (χ3v) is 6.08. The van der Waals surface area contributed by atoms with Crippen LogP contribution >= 0.6 is 0 Å². The highest BCUT2D eigenvalue weighted by atomic mass is 16.5. The maximum Gasteiger partial charge on any atom is 0.359 e. The fraction of sp³-hybridized carbons (Fsp3) is 0.583. The predicted octanol–water partition coefficient (Wildman–Crippen LogP) is 3.83. The van der Waals surface area contributed by atoms with E-state index in [4.69, 9.17) is 4.74 Å². The number of fused-ring (bicyclic) bond motifs is 1. The summed E-state index contributed by atoms with van der Waals surface area (Å²) in [6.45, 7) is 4.35. The van der Waals surface area contributed by atoms with Gasteiger partial charge in [0, 0.05) is 18.0 Å². The lowest BCUT2D eigenvalue weighted by Gasteiger charge is -2.29. The highest BCUT2D eigenvalue weighted by Crippen LogP contribution is 2.23. The SMILES string of the molecule is CCCCCCn1nc(C(=O)OCC(=O)N[C@H]2CCCC[C@@H]2C)c2ccccc2c1=O. The number of carbonyl (C=O) groups excluding carboxylic acids is 2. The molecule has 0 spiro atoms. The van der Waals surface area contributed by atoms with E-state index in [0.29, 0.717) is 23.2 Å². The van der Waals surface area contributed by atoms with E-state index in [1.165, 1.54) is 11.1 Å². The van der Waals surface area contributed by atoms with Crippen LogP contribution in [0.25, 0.3) is 10.8 Å². The molecule has 2 atom stereocenters. The Bertz CT molecular complexity index is 969. The Hall–Kier alpha value is -2.70. The minimum atomic E-state index is -0.689. The number of carbonyl (C=O) groups is 2. The number of hydrogen-bond acceptors (Lipinski definition) is 5. The van der Waals surface area contributed by atoms with Crippen LogP contribution in [-0.2, 0) is 16.1 Å². The van der Waals surface area contributed by atoms with E-state index in [1.54, 1.807) is 24.3 Å². The lowest BCUT2D eigenvalue weighted by atomic mass is 9.86. The standard InChI is InChI=1S/C24H33N3O4/c1-3-4-5-10-15-27-23(29)19-13-8-7-12-18(19)22(26-27)24(30)31-16-21(28)25-20-14-9-6-11-17(20)2/h7-8,12-13,17,20H,3-6,9-11,14-16H2,1-2H3,(H,25,28)/t17-,20-/m0/s1. The third kappa shape index (κ3) is 5.93. The molecule has 1 aromatic carbocycles. The topological polar surface area (TPSA) is 90.3 Å². The first kappa shape index (κ1) is 23.0. The minimum Gasteiger partial charge on any atom is -0.451 e. The molecule has 7 nitrogen and oxygen atoms in total. The summed E-state index contributed by atoms with van der Waals surface area (Å²) in [6, 6.07) is 7.02. The molecule has 1 aliphatic rings. The maximum atomic E-state index is 12.8. The Kier molecular flexibility index (Phi) is 8.20. The van der Waals surface area contributed by atoms with Crippen LogP contribution in [-0.4, -0.2) is 34.3 Å². The fourth-order valence-corrected chi connectivity index (χ4v) is 4.20. The number of ether oxygens (including phenoxy) is 1. The van der Waals surface area contributed by atoms with E-state index in [0.717, 1.165) is 44.9 Å². The summed E-state index contributed by atoms with van der Waals surface area (Å²) in [5, 5.41) is 8.16. The quantitative estimate of drug-likeness (QED) is 0.485. The van der Waals surface area contributed by atoms with Gasteiger partial charge in [0.15, 0.2) is 12.3 Å². The predicted molar refractivity (Wildman–Crippen MR) is 120 cm³/mol. The highest BCUT2D eigenvalue weighted by Gasteiger charge is 2.24. The summed E-state index contributed by atoms with van der Waals surface area (Å²) in [5.41, 5.74) is -0.141. The van der Waals surface area contributed by atoms with Crippen molar-refractivity contribution < 1.29 is 14.3 Å². The first-order chi connectivity index (χ1) is 15.0. The van der Waals surface area contributed by atoms with E-state index >= 15 is 0 Å². The molecular formula is C24H33N3O4. The number of esters is 1. The smallest absolute Gasteiger partial charge is 0.359 e. The number of aromatic nitrogens is 2. The van der Waals surface area contributed by atoms with Crippen molar-refractivity contribution in [2.45, 2.75) is 77.8 Å². The molecule has 1 saturated carbocycles. The molecular weight excluding hydrogens is 394 g/mol. The first-order valence-corrected chi connectivity index (χ1v) is 11.5. The zero-order chi connectivity index (χ0) is 22.2. The van der Waals surface area contributed by atoms with Crippen LogP contribution < -0.4 is 10.9 Å². The second-order valence-electron chi connectivity index (χ2n) is 8.50. The molecule has 7 heteroatoms. The number of benzene rings is 1. The molecule has 1 aliphatic carbocycles. The largest absolute Gasteiger partial charge is 0.451 e. The van der Waals surface area contributed by atoms with Crippen molar-refractivity contribution in [1.82, 2.24) is 15.1 Å². The van der Waals surface area contributed by atoms with Crippen molar-refractivity contribution in [3.63, 3.8) is 0 Å². The molecule has 3 rings (SSSR count). The fourth-order valence-electron chi connectivity index (χ4n) is 4.20. The number of amides is 1. The molecule has 1 heterocycles. The number of hydrogen-bond donors (Lipinski definition) is 1. The summed E-state index contributed by atoms with van der Waals surface area (Å²) < 4.78 is 6.63. The van der Waals surface area contributed by atoms with Crippen molar-refractivity contribution >= 4 is 22.6 Å². The molecule has 2 aromatic rings. The maximum absolute atomic E-state index is 12.8.